The molecule has 122 valence electrons. The molecule has 0 heterocycles. The molecule has 0 fully saturated rings. The number of rotatable bonds is 4. The van der Waals surface area contributed by atoms with E-state index in [9.17, 15) is 4.79 Å². The van der Waals surface area contributed by atoms with Gasteiger partial charge in [-0.3, -0.25) is 4.79 Å². The van der Waals surface area contributed by atoms with Crippen LogP contribution in [0, 0.1) is 11.3 Å². The fourth-order valence-corrected chi connectivity index (χ4v) is 2.70. The Morgan fingerprint density at radius 2 is 1.48 bits per heavy atom. The molecule has 0 saturated carbocycles. The molecule has 0 aliphatic carbocycles. The zero-order valence-corrected chi connectivity index (χ0v) is 14.1. The fraction of sp³-hybridized carbons (Fsp3) is 0.0476. The molecule has 1 unspecified atom stereocenters. The number of carbonyl (C=O) groups is 1. The van der Waals surface area contributed by atoms with E-state index in [1.54, 1.807) is 36.4 Å². The van der Waals surface area contributed by atoms with Gasteiger partial charge in [-0.15, -0.1) is 0 Å². The molecular weight excluding hydrogens is 332 g/mol. The van der Waals surface area contributed by atoms with Crippen molar-refractivity contribution in [1.82, 2.24) is 5.32 Å². The van der Waals surface area contributed by atoms with Crippen LogP contribution in [-0.4, -0.2) is 5.91 Å². The summed E-state index contributed by atoms with van der Waals surface area (Å²) in [6.07, 6.45) is 0. The number of amides is 1. The van der Waals surface area contributed by atoms with E-state index in [1.165, 1.54) is 0 Å². The lowest BCUT2D eigenvalue weighted by Crippen LogP contribution is -2.29. The molecule has 4 heteroatoms. The lowest BCUT2D eigenvalue weighted by molar-refractivity contribution is 0.0943. The first-order valence-corrected chi connectivity index (χ1v) is 8.16. The molecule has 0 aliphatic rings. The third-order valence-corrected chi connectivity index (χ3v) is 4.14. The van der Waals surface area contributed by atoms with Gasteiger partial charge in [0.1, 0.15) is 0 Å². The average molecular weight is 347 g/mol. The van der Waals surface area contributed by atoms with E-state index in [1.807, 2.05) is 48.5 Å². The number of halogens is 1. The molecule has 0 saturated heterocycles. The molecule has 0 bridgehead atoms. The molecule has 1 amide bonds. The van der Waals surface area contributed by atoms with Crippen molar-refractivity contribution in [2.24, 2.45) is 0 Å². The third kappa shape index (κ3) is 4.06. The van der Waals surface area contributed by atoms with Crippen LogP contribution in [0.5, 0.6) is 0 Å². The molecule has 3 aromatic carbocycles. The van der Waals surface area contributed by atoms with Crippen molar-refractivity contribution in [3.8, 4) is 6.07 Å². The topological polar surface area (TPSA) is 52.9 Å². The van der Waals surface area contributed by atoms with Crippen LogP contribution in [0.4, 0.5) is 0 Å². The van der Waals surface area contributed by atoms with Gasteiger partial charge < -0.3 is 5.32 Å². The summed E-state index contributed by atoms with van der Waals surface area (Å²) in [5, 5.41) is 12.6. The van der Waals surface area contributed by atoms with E-state index in [-0.39, 0.29) is 11.9 Å². The highest BCUT2D eigenvalue weighted by Gasteiger charge is 2.17. The molecule has 0 aromatic heterocycles. The van der Waals surface area contributed by atoms with Gasteiger partial charge >= 0.3 is 0 Å². The number of carbonyl (C=O) groups excluding carboxylic acids is 1. The van der Waals surface area contributed by atoms with Crippen molar-refractivity contribution in [2.45, 2.75) is 6.04 Å². The maximum atomic E-state index is 12.6. The highest BCUT2D eigenvalue weighted by Crippen LogP contribution is 2.24. The Morgan fingerprint density at radius 3 is 2.08 bits per heavy atom. The van der Waals surface area contributed by atoms with Gasteiger partial charge in [0.25, 0.3) is 5.91 Å². The van der Waals surface area contributed by atoms with Gasteiger partial charge in [-0.1, -0.05) is 54.1 Å². The first kappa shape index (κ1) is 16.8. The van der Waals surface area contributed by atoms with E-state index in [4.69, 9.17) is 16.9 Å². The fourth-order valence-electron chi connectivity index (χ4n) is 2.57. The predicted molar refractivity (Wildman–Crippen MR) is 98.4 cm³/mol. The van der Waals surface area contributed by atoms with Crippen LogP contribution >= 0.6 is 11.6 Å². The quantitative estimate of drug-likeness (QED) is 0.742. The number of hydrogen-bond donors (Lipinski definition) is 1. The molecule has 1 N–H and O–H groups in total. The number of nitrogens with one attached hydrogen (secondary N) is 1. The Hall–Kier alpha value is -3.09. The molecule has 3 rings (SSSR count). The van der Waals surface area contributed by atoms with Crippen molar-refractivity contribution in [3.05, 3.63) is 106 Å². The van der Waals surface area contributed by atoms with Crippen LogP contribution in [0.2, 0.25) is 5.02 Å². The number of nitriles is 1. The Labute approximate surface area is 151 Å². The summed E-state index contributed by atoms with van der Waals surface area (Å²) < 4.78 is 0. The second kappa shape index (κ2) is 7.65. The molecule has 0 radical (unpaired) electrons. The van der Waals surface area contributed by atoms with Crippen LogP contribution in [-0.2, 0) is 0 Å². The normalized spacial score (nSPS) is 11.4. The smallest absolute Gasteiger partial charge is 0.252 e. The lowest BCUT2D eigenvalue weighted by Gasteiger charge is -2.20. The van der Waals surface area contributed by atoms with E-state index in [2.05, 4.69) is 5.32 Å². The van der Waals surface area contributed by atoms with Crippen LogP contribution in [0.1, 0.15) is 33.1 Å². The van der Waals surface area contributed by atoms with Gasteiger partial charge in [-0.05, 0) is 47.5 Å². The van der Waals surface area contributed by atoms with E-state index in [0.29, 0.717) is 16.1 Å². The third-order valence-electron chi connectivity index (χ3n) is 3.89. The predicted octanol–water partition coefficient (Wildman–Crippen LogP) is 4.73. The minimum atomic E-state index is -0.290. The molecule has 0 spiro atoms. The standard InChI is InChI=1S/C21H15ClN2O/c22-19-12-10-17(11-13-19)20(16-4-2-1-3-5-16)24-21(25)18-8-6-15(14-23)7-9-18/h1-13,20H,(H,24,25). The summed E-state index contributed by atoms with van der Waals surface area (Å²) in [6.45, 7) is 0. The summed E-state index contributed by atoms with van der Waals surface area (Å²) in [7, 11) is 0. The highest BCUT2D eigenvalue weighted by atomic mass is 35.5. The summed E-state index contributed by atoms with van der Waals surface area (Å²) in [5.41, 5.74) is 2.95. The summed E-state index contributed by atoms with van der Waals surface area (Å²) in [4.78, 5) is 12.6. The van der Waals surface area contributed by atoms with Crippen molar-refractivity contribution in [2.75, 3.05) is 0 Å². The number of nitrogens with zero attached hydrogens (tertiary/aromatic N) is 1. The zero-order valence-electron chi connectivity index (χ0n) is 13.3. The van der Waals surface area contributed by atoms with E-state index >= 15 is 0 Å². The molecule has 25 heavy (non-hydrogen) atoms. The summed E-state index contributed by atoms with van der Waals surface area (Å²) >= 11 is 5.98. The molecular formula is C21H15ClN2O. The minimum Gasteiger partial charge on any atom is -0.341 e. The van der Waals surface area contributed by atoms with Crippen LogP contribution in [0.25, 0.3) is 0 Å². The van der Waals surface area contributed by atoms with Crippen LogP contribution in [0.15, 0.2) is 78.9 Å². The van der Waals surface area contributed by atoms with Gasteiger partial charge in [0, 0.05) is 10.6 Å². The Kier molecular flexibility index (Phi) is 5.13. The van der Waals surface area contributed by atoms with Gasteiger partial charge in [-0.2, -0.15) is 5.26 Å². The molecule has 0 aliphatic heterocycles. The number of benzene rings is 3. The first-order valence-electron chi connectivity index (χ1n) is 7.79. The van der Waals surface area contributed by atoms with Gasteiger partial charge in [0.2, 0.25) is 0 Å². The summed E-state index contributed by atoms with van der Waals surface area (Å²) in [6, 6.07) is 25.5. The Morgan fingerprint density at radius 1 is 0.880 bits per heavy atom. The summed E-state index contributed by atoms with van der Waals surface area (Å²) in [5.74, 6) is -0.201. The molecule has 3 aromatic rings. The van der Waals surface area contributed by atoms with Gasteiger partial charge in [0.15, 0.2) is 0 Å². The van der Waals surface area contributed by atoms with Crippen LogP contribution in [0.3, 0.4) is 0 Å². The minimum absolute atomic E-state index is 0.201. The largest absolute Gasteiger partial charge is 0.341 e. The van der Waals surface area contributed by atoms with Crippen molar-refractivity contribution in [1.29, 1.82) is 5.26 Å². The first-order chi connectivity index (χ1) is 12.2. The maximum Gasteiger partial charge on any atom is 0.252 e. The van der Waals surface area contributed by atoms with Crippen molar-refractivity contribution in [3.63, 3.8) is 0 Å². The Balaban J connectivity index is 1.90. The monoisotopic (exact) mass is 346 g/mol. The maximum absolute atomic E-state index is 12.6. The second-order valence-corrected chi connectivity index (χ2v) is 5.99. The zero-order chi connectivity index (χ0) is 17.6. The van der Waals surface area contributed by atoms with Gasteiger partial charge in [0.05, 0.1) is 17.7 Å². The van der Waals surface area contributed by atoms with Crippen molar-refractivity contribution >= 4 is 17.5 Å². The molecule has 1 atom stereocenters. The van der Waals surface area contributed by atoms with Gasteiger partial charge in [-0.25, -0.2) is 0 Å². The van der Waals surface area contributed by atoms with Crippen LogP contribution < -0.4 is 5.32 Å². The second-order valence-electron chi connectivity index (χ2n) is 5.56. The van der Waals surface area contributed by atoms with Crippen molar-refractivity contribution < 1.29 is 4.79 Å². The Bertz CT molecular complexity index is 897. The molecule has 3 nitrogen and oxygen atoms in total. The van der Waals surface area contributed by atoms with E-state index < -0.39 is 0 Å². The van der Waals surface area contributed by atoms with E-state index in [0.717, 1.165) is 11.1 Å². The highest BCUT2D eigenvalue weighted by molar-refractivity contribution is 6.30. The lowest BCUT2D eigenvalue weighted by atomic mass is 9.98. The SMILES string of the molecule is N#Cc1ccc(C(=O)NC(c2ccccc2)c2ccc(Cl)cc2)cc1. The average Bonchev–Trinajstić information content (AvgIpc) is 2.67. The number of hydrogen-bond acceptors (Lipinski definition) is 2.